The Labute approximate surface area is 392 Å². The molecule has 4 aromatic heterocycles. The van der Waals surface area contributed by atoms with Crippen LogP contribution in [0.15, 0.2) is 69.3 Å². The normalized spacial score (nSPS) is 19.1. The van der Waals surface area contributed by atoms with E-state index in [1.54, 1.807) is 30.0 Å². The number of benzene rings is 2. The molecule has 0 bridgehead atoms. The second-order valence-electron chi connectivity index (χ2n) is 17.8. The van der Waals surface area contributed by atoms with E-state index < -0.39 is 22.7 Å². The quantitative estimate of drug-likeness (QED) is 0.119. The molecule has 2 saturated heterocycles. The summed E-state index contributed by atoms with van der Waals surface area (Å²) in [5.41, 5.74) is 14.2. The van der Waals surface area contributed by atoms with E-state index in [2.05, 4.69) is 43.8 Å². The molecule has 9 rings (SSSR count). The monoisotopic (exact) mass is 917 g/mol. The summed E-state index contributed by atoms with van der Waals surface area (Å²) in [6, 6.07) is 15.2. The maximum absolute atomic E-state index is 14.6. The highest BCUT2D eigenvalue weighted by molar-refractivity contribution is 6.06. The number of aliphatic imine (C=N–C) groups is 1. The Hall–Kier alpha value is -7.61. The molecule has 2 aromatic carbocycles. The Bertz CT molecular complexity index is 3230. The number of fused-ring (bicyclic) bond motifs is 3. The van der Waals surface area contributed by atoms with Gasteiger partial charge in [0.15, 0.2) is 11.2 Å². The summed E-state index contributed by atoms with van der Waals surface area (Å²) < 4.78 is 6.04. The van der Waals surface area contributed by atoms with Gasteiger partial charge in [-0.15, -0.1) is 11.8 Å². The van der Waals surface area contributed by atoms with Gasteiger partial charge in [0.25, 0.3) is 11.5 Å². The number of amidine groups is 1. The molecular formula is C49H55N15O4. The molecule has 3 aliphatic heterocycles. The van der Waals surface area contributed by atoms with Crippen molar-refractivity contribution in [2.45, 2.75) is 90.1 Å². The van der Waals surface area contributed by atoms with Crippen molar-refractivity contribution in [3.05, 3.63) is 98.3 Å². The number of imidazole rings is 2. The number of anilines is 3. The van der Waals surface area contributed by atoms with Crippen molar-refractivity contribution >= 4 is 57.8 Å². The van der Waals surface area contributed by atoms with Crippen molar-refractivity contribution in [1.29, 1.82) is 0 Å². The number of hydrogen-bond donors (Lipinski definition) is 3. The number of carbonyl (C=O) groups excluding carboxylic acids is 2. The zero-order valence-corrected chi connectivity index (χ0v) is 38.8. The number of carbonyl (C=O) groups is 2. The van der Waals surface area contributed by atoms with Crippen LogP contribution >= 0.6 is 0 Å². The van der Waals surface area contributed by atoms with E-state index in [9.17, 15) is 19.2 Å². The Balaban J connectivity index is 1.07. The lowest BCUT2D eigenvalue weighted by molar-refractivity contribution is -0.115. The van der Waals surface area contributed by atoms with Crippen LogP contribution < -0.4 is 37.8 Å². The summed E-state index contributed by atoms with van der Waals surface area (Å²) in [6.45, 7) is 8.06. The van der Waals surface area contributed by atoms with Crippen LogP contribution in [0, 0.1) is 23.7 Å². The van der Waals surface area contributed by atoms with Gasteiger partial charge in [-0.05, 0) is 58.6 Å². The van der Waals surface area contributed by atoms with Crippen LogP contribution in [0.1, 0.15) is 74.0 Å². The number of rotatable bonds is 12. The third-order valence-corrected chi connectivity index (χ3v) is 13.0. The van der Waals surface area contributed by atoms with E-state index in [0.717, 1.165) is 58.3 Å². The summed E-state index contributed by atoms with van der Waals surface area (Å²) in [7, 11) is 1.60. The molecule has 19 nitrogen and oxygen atoms in total. The summed E-state index contributed by atoms with van der Waals surface area (Å²) >= 11 is 0. The SMILES string of the molecule is CC#CCn1c(C(=O)N(C=O)CC2=NC(C)(Cc3nc(Cn4c(=O)c5c(nc(N6CCC[C@@H](N)C6)n5CC#CC)n(C)c4=O)nc4ccccc34)c3ccccc3N2)cnc1N1CCC[C@@H](N)C1. The lowest BCUT2D eigenvalue weighted by Crippen LogP contribution is -2.44. The third-order valence-electron chi connectivity index (χ3n) is 13.0. The van der Waals surface area contributed by atoms with Crippen LogP contribution in [-0.4, -0.2) is 106 Å². The Morgan fingerprint density at radius 3 is 2.28 bits per heavy atom. The second kappa shape index (κ2) is 18.9. The number of imide groups is 1. The number of nitrogens with zero attached hydrogens (tertiary/aromatic N) is 12. The molecule has 7 heterocycles. The number of para-hydroxylation sites is 2. The fourth-order valence-corrected chi connectivity index (χ4v) is 9.68. The lowest BCUT2D eigenvalue weighted by atomic mass is 9.84. The van der Waals surface area contributed by atoms with Crippen LogP contribution in [0.5, 0.6) is 0 Å². The van der Waals surface area contributed by atoms with E-state index in [1.165, 1.54) is 10.8 Å². The van der Waals surface area contributed by atoms with E-state index >= 15 is 0 Å². The standard InChI is InChI=1S/C49H55N15O4/c1-5-7-23-62-39(26-52-46(62)59-21-13-15-32(50)27-59)44(66)61(31-65)29-41-54-37-20-12-10-18-35(37)49(3,57-41)25-38-34-17-9-11-19-36(34)53-40(55-38)30-64-45(67)42-43(58(4)48(64)68)56-47(63(42)24-8-6-2)60-22-14-16-33(51)28-60/h9-12,17-20,26,31-33H,13-16,21-25,27-30,50-51H2,1-4H3,(H,54,57)/t32-,33-,49?/m1/s1. The number of hydrogen-bond acceptors (Lipinski definition) is 14. The van der Waals surface area contributed by atoms with Crippen LogP contribution in [0.4, 0.5) is 17.6 Å². The zero-order valence-electron chi connectivity index (χ0n) is 38.8. The molecule has 1 unspecified atom stereocenters. The predicted octanol–water partition coefficient (Wildman–Crippen LogP) is 2.57. The Kier molecular flexibility index (Phi) is 12.7. The molecule has 68 heavy (non-hydrogen) atoms. The summed E-state index contributed by atoms with van der Waals surface area (Å²) in [6.07, 6.45) is 5.80. The lowest BCUT2D eigenvalue weighted by Gasteiger charge is -2.35. The summed E-state index contributed by atoms with van der Waals surface area (Å²) in [5, 5.41) is 4.14. The van der Waals surface area contributed by atoms with Gasteiger partial charge in [0.05, 0.1) is 49.1 Å². The number of nitrogens with two attached hydrogens (primary N) is 2. The molecule has 3 atom stereocenters. The maximum Gasteiger partial charge on any atom is 0.332 e. The van der Waals surface area contributed by atoms with Gasteiger partial charge in [-0.3, -0.25) is 42.5 Å². The first-order chi connectivity index (χ1) is 32.9. The predicted molar refractivity (Wildman–Crippen MR) is 262 cm³/mol. The van der Waals surface area contributed by atoms with Gasteiger partial charge in [0, 0.05) is 68.4 Å². The second-order valence-corrected chi connectivity index (χ2v) is 17.8. The van der Waals surface area contributed by atoms with Crippen molar-refractivity contribution in [3.63, 3.8) is 0 Å². The van der Waals surface area contributed by atoms with Crippen LogP contribution in [0.25, 0.3) is 22.1 Å². The topological polar surface area (TPSA) is 226 Å². The van der Waals surface area contributed by atoms with Gasteiger partial charge >= 0.3 is 5.69 Å². The first-order valence-corrected chi connectivity index (χ1v) is 22.9. The maximum atomic E-state index is 14.6. The molecule has 5 N–H and O–H groups in total. The zero-order chi connectivity index (χ0) is 47.7. The Morgan fingerprint density at radius 1 is 0.897 bits per heavy atom. The van der Waals surface area contributed by atoms with Gasteiger partial charge in [-0.25, -0.2) is 19.7 Å². The third kappa shape index (κ3) is 8.62. The molecule has 2 amide bonds. The molecule has 0 spiro atoms. The van der Waals surface area contributed by atoms with E-state index in [4.69, 9.17) is 31.4 Å². The van der Waals surface area contributed by atoms with Crippen molar-refractivity contribution in [3.8, 4) is 23.7 Å². The van der Waals surface area contributed by atoms with Crippen molar-refractivity contribution < 1.29 is 9.59 Å². The molecule has 19 heteroatoms. The number of nitrogens with one attached hydrogen (secondary N) is 1. The fourth-order valence-electron chi connectivity index (χ4n) is 9.68. The Morgan fingerprint density at radius 2 is 1.57 bits per heavy atom. The molecule has 0 saturated carbocycles. The summed E-state index contributed by atoms with van der Waals surface area (Å²) in [4.78, 5) is 85.7. The van der Waals surface area contributed by atoms with Gasteiger partial charge in [0.1, 0.15) is 17.4 Å². The molecule has 350 valence electrons. The first-order valence-electron chi connectivity index (χ1n) is 22.9. The molecule has 2 fully saturated rings. The van der Waals surface area contributed by atoms with Crippen LogP contribution in [0.3, 0.4) is 0 Å². The van der Waals surface area contributed by atoms with Gasteiger partial charge in [-0.2, -0.15) is 4.98 Å². The number of aromatic nitrogens is 8. The van der Waals surface area contributed by atoms with Gasteiger partial charge in [0.2, 0.25) is 18.3 Å². The molecule has 3 aliphatic rings. The van der Waals surface area contributed by atoms with Crippen LogP contribution in [-0.2, 0) is 43.4 Å². The number of piperidine rings is 2. The van der Waals surface area contributed by atoms with E-state index in [0.29, 0.717) is 55.0 Å². The highest BCUT2D eigenvalue weighted by Gasteiger charge is 2.36. The minimum absolute atomic E-state index is 0.0217. The van der Waals surface area contributed by atoms with Gasteiger partial charge < -0.3 is 26.6 Å². The molecule has 0 aliphatic carbocycles. The van der Waals surface area contributed by atoms with Crippen molar-refractivity contribution in [2.24, 2.45) is 23.5 Å². The first kappa shape index (κ1) is 45.5. The van der Waals surface area contributed by atoms with Crippen molar-refractivity contribution in [1.82, 2.24) is 43.1 Å². The van der Waals surface area contributed by atoms with Crippen LogP contribution in [0.2, 0.25) is 0 Å². The average molecular weight is 918 g/mol. The molecular weight excluding hydrogens is 863 g/mol. The molecule has 6 aromatic rings. The fraction of sp³-hybridized carbons (Fsp3) is 0.408. The van der Waals surface area contributed by atoms with Gasteiger partial charge in [-0.1, -0.05) is 48.2 Å². The largest absolute Gasteiger partial charge is 0.342 e. The number of aryl methyl sites for hydroxylation is 1. The van der Waals surface area contributed by atoms with Crippen molar-refractivity contribution in [2.75, 3.05) is 47.8 Å². The minimum atomic E-state index is -0.978. The van der Waals surface area contributed by atoms with E-state index in [-0.39, 0.29) is 67.4 Å². The smallest absolute Gasteiger partial charge is 0.332 e. The van der Waals surface area contributed by atoms with E-state index in [1.807, 2.05) is 55.5 Å². The average Bonchev–Trinajstić information content (AvgIpc) is 3.95. The summed E-state index contributed by atoms with van der Waals surface area (Å²) in [5.74, 6) is 13.2. The molecule has 0 radical (unpaired) electrons. The number of amides is 2. The minimum Gasteiger partial charge on any atom is -0.342 e. The highest BCUT2D eigenvalue weighted by Crippen LogP contribution is 2.39. The highest BCUT2D eigenvalue weighted by atomic mass is 16.2.